The summed E-state index contributed by atoms with van der Waals surface area (Å²) in [5.41, 5.74) is 1.16. The minimum atomic E-state index is 0.750. The average Bonchev–Trinajstić information content (AvgIpc) is 3.04. The van der Waals surface area contributed by atoms with Crippen LogP contribution < -0.4 is 10.2 Å². The molecule has 0 amide bonds. The lowest BCUT2D eigenvalue weighted by Crippen LogP contribution is -2.20. The van der Waals surface area contributed by atoms with Gasteiger partial charge in [-0.25, -0.2) is 4.98 Å². The highest BCUT2D eigenvalue weighted by Crippen LogP contribution is 2.22. The molecule has 0 saturated heterocycles. The Morgan fingerprint density at radius 2 is 2.41 bits per heavy atom. The van der Waals surface area contributed by atoms with Crippen LogP contribution in [0.25, 0.3) is 0 Å². The van der Waals surface area contributed by atoms with Gasteiger partial charge in [0.15, 0.2) is 5.13 Å². The van der Waals surface area contributed by atoms with Gasteiger partial charge in [0.05, 0.1) is 5.69 Å². The Hall–Kier alpha value is -0.650. The zero-order chi connectivity index (χ0) is 12.1. The van der Waals surface area contributed by atoms with Crippen LogP contribution in [0.2, 0.25) is 0 Å². The van der Waals surface area contributed by atoms with E-state index in [1.54, 1.807) is 18.4 Å². The number of thiazole rings is 1. The van der Waals surface area contributed by atoms with E-state index in [2.05, 4.69) is 27.6 Å². The summed E-state index contributed by atoms with van der Waals surface area (Å²) in [5.74, 6) is 0. The molecule has 1 saturated carbocycles. The molecule has 1 aliphatic rings. The van der Waals surface area contributed by atoms with E-state index in [9.17, 15) is 0 Å². The van der Waals surface area contributed by atoms with E-state index in [-0.39, 0.29) is 0 Å². The van der Waals surface area contributed by atoms with E-state index in [1.807, 2.05) is 0 Å². The molecule has 1 heterocycles. The molecule has 1 N–H and O–H groups in total. The second kappa shape index (κ2) is 6.33. The Balaban J connectivity index is 1.75. The van der Waals surface area contributed by atoms with E-state index < -0.39 is 0 Å². The highest BCUT2D eigenvalue weighted by Gasteiger charge is 2.20. The molecular formula is C12H21N3OS. The molecule has 17 heavy (non-hydrogen) atoms. The van der Waals surface area contributed by atoms with Gasteiger partial charge in [-0.1, -0.05) is 0 Å². The first-order chi connectivity index (χ1) is 8.29. The molecule has 0 aromatic carbocycles. The Morgan fingerprint density at radius 1 is 1.59 bits per heavy atom. The molecule has 2 rings (SSSR count). The van der Waals surface area contributed by atoms with Gasteiger partial charge in [-0.3, -0.25) is 0 Å². The lowest BCUT2D eigenvalue weighted by atomic mass is 10.4. The Labute approximate surface area is 107 Å². The second-order valence-corrected chi connectivity index (χ2v) is 5.38. The lowest BCUT2D eigenvalue weighted by molar-refractivity contribution is 0.196. The summed E-state index contributed by atoms with van der Waals surface area (Å²) in [6, 6.07) is 0.750. The second-order valence-electron chi connectivity index (χ2n) is 4.54. The number of anilines is 1. The molecule has 0 spiro atoms. The molecule has 5 heteroatoms. The molecule has 1 aromatic rings. The molecular weight excluding hydrogens is 234 g/mol. The maximum atomic E-state index is 5.05. The number of hydrogen-bond donors (Lipinski definition) is 1. The largest absolute Gasteiger partial charge is 0.385 e. The summed E-state index contributed by atoms with van der Waals surface area (Å²) in [5, 5.41) is 6.74. The van der Waals surface area contributed by atoms with Gasteiger partial charge in [0, 0.05) is 45.3 Å². The van der Waals surface area contributed by atoms with Gasteiger partial charge in [0.2, 0.25) is 0 Å². The van der Waals surface area contributed by atoms with Crippen LogP contribution in [0.5, 0.6) is 0 Å². The normalized spacial score (nSPS) is 15.2. The highest BCUT2D eigenvalue weighted by atomic mass is 32.1. The Kier molecular flexibility index (Phi) is 4.76. The van der Waals surface area contributed by atoms with Crippen molar-refractivity contribution < 1.29 is 4.74 Å². The number of nitrogens with one attached hydrogen (secondary N) is 1. The highest BCUT2D eigenvalue weighted by molar-refractivity contribution is 7.13. The summed E-state index contributed by atoms with van der Waals surface area (Å²) in [7, 11) is 3.83. The smallest absolute Gasteiger partial charge is 0.185 e. The quantitative estimate of drug-likeness (QED) is 0.720. The monoisotopic (exact) mass is 255 g/mol. The first kappa shape index (κ1) is 12.8. The number of aromatic nitrogens is 1. The van der Waals surface area contributed by atoms with Gasteiger partial charge in [-0.2, -0.15) is 0 Å². The topological polar surface area (TPSA) is 37.4 Å². The van der Waals surface area contributed by atoms with Gasteiger partial charge in [-0.05, 0) is 19.3 Å². The third-order valence-electron chi connectivity index (χ3n) is 2.86. The summed E-state index contributed by atoms with van der Waals surface area (Å²) in [6.07, 6.45) is 3.70. The first-order valence-corrected chi connectivity index (χ1v) is 7.05. The van der Waals surface area contributed by atoms with Gasteiger partial charge in [0.1, 0.15) is 0 Å². The maximum Gasteiger partial charge on any atom is 0.185 e. The van der Waals surface area contributed by atoms with Crippen molar-refractivity contribution in [2.75, 3.05) is 32.2 Å². The van der Waals surface area contributed by atoms with E-state index in [4.69, 9.17) is 4.74 Å². The molecule has 4 nitrogen and oxygen atoms in total. The van der Waals surface area contributed by atoms with Crippen LogP contribution >= 0.6 is 11.3 Å². The van der Waals surface area contributed by atoms with E-state index in [0.29, 0.717) is 0 Å². The number of methoxy groups -OCH3 is 1. The van der Waals surface area contributed by atoms with E-state index in [1.165, 1.54) is 12.8 Å². The van der Waals surface area contributed by atoms with Crippen molar-refractivity contribution in [2.24, 2.45) is 0 Å². The number of rotatable bonds is 8. The fourth-order valence-electron chi connectivity index (χ4n) is 1.63. The van der Waals surface area contributed by atoms with Crippen LogP contribution in [-0.2, 0) is 11.3 Å². The van der Waals surface area contributed by atoms with Crippen LogP contribution in [-0.4, -0.2) is 38.3 Å². The number of ether oxygens (including phenoxy) is 1. The Morgan fingerprint density at radius 3 is 3.12 bits per heavy atom. The minimum Gasteiger partial charge on any atom is -0.385 e. The summed E-state index contributed by atoms with van der Waals surface area (Å²) in [6.45, 7) is 2.72. The van der Waals surface area contributed by atoms with Crippen molar-refractivity contribution in [1.29, 1.82) is 0 Å². The fraction of sp³-hybridized carbons (Fsp3) is 0.750. The van der Waals surface area contributed by atoms with Crippen molar-refractivity contribution >= 4 is 16.5 Å². The Bertz CT molecular complexity index is 338. The predicted octanol–water partition coefficient (Wildman–Crippen LogP) is 1.87. The summed E-state index contributed by atoms with van der Waals surface area (Å²) < 4.78 is 5.05. The average molecular weight is 255 g/mol. The molecule has 96 valence electrons. The van der Waals surface area contributed by atoms with Crippen molar-refractivity contribution in [3.8, 4) is 0 Å². The molecule has 1 fully saturated rings. The number of nitrogens with zero attached hydrogens (tertiary/aromatic N) is 2. The fourth-order valence-corrected chi connectivity index (χ4v) is 2.45. The van der Waals surface area contributed by atoms with Crippen LogP contribution in [0.15, 0.2) is 5.38 Å². The molecule has 0 aliphatic heterocycles. The van der Waals surface area contributed by atoms with Crippen LogP contribution in [0.4, 0.5) is 5.13 Å². The minimum absolute atomic E-state index is 0.750. The standard InChI is InChI=1S/C12H21N3OS/c1-15(6-3-7-16-2)12-14-11(9-17-12)8-13-10-4-5-10/h9-10,13H,3-8H2,1-2H3. The number of hydrogen-bond acceptors (Lipinski definition) is 5. The van der Waals surface area contributed by atoms with Gasteiger partial charge >= 0.3 is 0 Å². The van der Waals surface area contributed by atoms with E-state index >= 15 is 0 Å². The van der Waals surface area contributed by atoms with E-state index in [0.717, 1.165) is 43.0 Å². The van der Waals surface area contributed by atoms with Crippen molar-refractivity contribution in [3.05, 3.63) is 11.1 Å². The summed E-state index contributed by atoms with van der Waals surface area (Å²) >= 11 is 1.72. The van der Waals surface area contributed by atoms with Crippen LogP contribution in [0.3, 0.4) is 0 Å². The van der Waals surface area contributed by atoms with Crippen LogP contribution in [0.1, 0.15) is 25.0 Å². The molecule has 0 unspecified atom stereocenters. The van der Waals surface area contributed by atoms with Crippen molar-refractivity contribution in [3.63, 3.8) is 0 Å². The molecule has 1 aromatic heterocycles. The SMILES string of the molecule is COCCCN(C)c1nc(CNC2CC2)cs1. The van der Waals surface area contributed by atoms with Crippen LogP contribution in [0, 0.1) is 0 Å². The molecule has 0 bridgehead atoms. The molecule has 1 aliphatic carbocycles. The van der Waals surface area contributed by atoms with Gasteiger partial charge in [0.25, 0.3) is 0 Å². The van der Waals surface area contributed by atoms with Gasteiger partial charge in [-0.15, -0.1) is 11.3 Å². The third-order valence-corrected chi connectivity index (χ3v) is 3.86. The molecule has 0 radical (unpaired) electrons. The zero-order valence-electron chi connectivity index (χ0n) is 10.6. The predicted molar refractivity (Wildman–Crippen MR) is 71.7 cm³/mol. The molecule has 0 atom stereocenters. The zero-order valence-corrected chi connectivity index (χ0v) is 11.4. The van der Waals surface area contributed by atoms with Crippen molar-refractivity contribution in [2.45, 2.75) is 31.8 Å². The third kappa shape index (κ3) is 4.26. The summed E-state index contributed by atoms with van der Waals surface area (Å²) in [4.78, 5) is 6.83. The first-order valence-electron chi connectivity index (χ1n) is 6.17. The van der Waals surface area contributed by atoms with Crippen molar-refractivity contribution in [1.82, 2.24) is 10.3 Å². The van der Waals surface area contributed by atoms with Gasteiger partial charge < -0.3 is 15.0 Å². The maximum absolute atomic E-state index is 5.05. The lowest BCUT2D eigenvalue weighted by Gasteiger charge is -2.14.